The third kappa shape index (κ3) is 7.48. The molecule has 3 N–H and O–H groups in total. The molecule has 100 valence electrons. The SMILES string of the molecule is CCCNC(=O)O.O=C(OO)c1cccc(Cl)c1. The molecule has 0 spiro atoms. The summed E-state index contributed by atoms with van der Waals surface area (Å²) in [7, 11) is 0. The van der Waals surface area contributed by atoms with E-state index in [1.165, 1.54) is 12.1 Å². The number of hydrogen-bond donors (Lipinski definition) is 3. The van der Waals surface area contributed by atoms with Crippen molar-refractivity contribution in [1.82, 2.24) is 5.32 Å². The minimum atomic E-state index is -0.943. The first kappa shape index (κ1) is 16.2. The molecule has 7 heteroatoms. The quantitative estimate of drug-likeness (QED) is 0.582. The van der Waals surface area contributed by atoms with Gasteiger partial charge >= 0.3 is 12.1 Å². The van der Waals surface area contributed by atoms with Gasteiger partial charge in [0.25, 0.3) is 0 Å². The predicted octanol–water partition coefficient (Wildman–Crippen LogP) is 2.63. The monoisotopic (exact) mass is 275 g/mol. The van der Waals surface area contributed by atoms with Crippen LogP contribution in [-0.2, 0) is 4.89 Å². The van der Waals surface area contributed by atoms with Gasteiger partial charge in [0, 0.05) is 11.6 Å². The normalized spacial score (nSPS) is 8.83. The highest BCUT2D eigenvalue weighted by molar-refractivity contribution is 6.30. The Morgan fingerprint density at radius 3 is 2.50 bits per heavy atom. The average Bonchev–Trinajstić information content (AvgIpc) is 2.36. The molecule has 18 heavy (non-hydrogen) atoms. The smallest absolute Gasteiger partial charge is 0.404 e. The lowest BCUT2D eigenvalue weighted by Crippen LogP contribution is -2.20. The number of nitrogens with one attached hydrogen (secondary N) is 1. The van der Waals surface area contributed by atoms with Crippen LogP contribution in [0.4, 0.5) is 4.79 Å². The fourth-order valence-electron chi connectivity index (χ4n) is 0.900. The molecule has 6 nitrogen and oxygen atoms in total. The maximum atomic E-state index is 10.6. The average molecular weight is 276 g/mol. The summed E-state index contributed by atoms with van der Waals surface area (Å²) in [5, 5.41) is 18.6. The van der Waals surface area contributed by atoms with E-state index in [1.807, 2.05) is 6.92 Å². The first-order valence-electron chi connectivity index (χ1n) is 5.09. The van der Waals surface area contributed by atoms with Gasteiger partial charge in [-0.15, -0.1) is 0 Å². The van der Waals surface area contributed by atoms with Crippen molar-refractivity contribution in [3.05, 3.63) is 34.9 Å². The highest BCUT2D eigenvalue weighted by atomic mass is 35.5. The van der Waals surface area contributed by atoms with Gasteiger partial charge < -0.3 is 10.4 Å². The van der Waals surface area contributed by atoms with Crippen molar-refractivity contribution >= 4 is 23.7 Å². The second-order valence-corrected chi connectivity index (χ2v) is 3.56. The molecule has 0 atom stereocenters. The van der Waals surface area contributed by atoms with Gasteiger partial charge in [-0.05, 0) is 24.6 Å². The Balaban J connectivity index is 0.000000360. The summed E-state index contributed by atoms with van der Waals surface area (Å²) in [6, 6.07) is 6.11. The zero-order valence-electron chi connectivity index (χ0n) is 9.72. The van der Waals surface area contributed by atoms with Crippen LogP contribution in [0, 0.1) is 0 Å². The van der Waals surface area contributed by atoms with Crippen LogP contribution in [0.1, 0.15) is 23.7 Å². The maximum Gasteiger partial charge on any atom is 0.404 e. The number of carboxylic acid groups (broad SMARTS) is 1. The summed E-state index contributed by atoms with van der Waals surface area (Å²) < 4.78 is 0. The molecule has 0 radical (unpaired) electrons. The van der Waals surface area contributed by atoms with Crippen LogP contribution in [0.25, 0.3) is 0 Å². The Bertz CT molecular complexity index is 397. The molecular weight excluding hydrogens is 262 g/mol. The zero-order chi connectivity index (χ0) is 14.0. The Morgan fingerprint density at radius 1 is 1.44 bits per heavy atom. The topological polar surface area (TPSA) is 95.9 Å². The van der Waals surface area contributed by atoms with Gasteiger partial charge in [-0.1, -0.05) is 24.6 Å². The molecule has 0 saturated heterocycles. The Labute approximate surface area is 109 Å². The Morgan fingerprint density at radius 2 is 2.11 bits per heavy atom. The van der Waals surface area contributed by atoms with Crippen molar-refractivity contribution in [2.75, 3.05) is 6.54 Å². The van der Waals surface area contributed by atoms with Gasteiger partial charge in [0.05, 0.1) is 5.56 Å². The van der Waals surface area contributed by atoms with E-state index in [0.717, 1.165) is 6.42 Å². The van der Waals surface area contributed by atoms with Crippen LogP contribution in [-0.4, -0.2) is 29.0 Å². The van der Waals surface area contributed by atoms with Crippen molar-refractivity contribution in [2.45, 2.75) is 13.3 Å². The predicted molar refractivity (Wildman–Crippen MR) is 65.8 cm³/mol. The van der Waals surface area contributed by atoms with Crippen molar-refractivity contribution in [3.8, 4) is 0 Å². The minimum Gasteiger partial charge on any atom is -0.465 e. The van der Waals surface area contributed by atoms with Gasteiger partial charge in [-0.25, -0.2) is 9.59 Å². The van der Waals surface area contributed by atoms with Crippen molar-refractivity contribution in [1.29, 1.82) is 0 Å². The van der Waals surface area contributed by atoms with Gasteiger partial charge in [-0.2, -0.15) is 5.26 Å². The molecule has 0 saturated carbocycles. The molecule has 0 aliphatic rings. The lowest BCUT2D eigenvalue weighted by Gasteiger charge is -1.95. The number of amides is 1. The first-order valence-corrected chi connectivity index (χ1v) is 5.47. The van der Waals surface area contributed by atoms with Crippen LogP contribution < -0.4 is 5.32 Å². The summed E-state index contributed by atoms with van der Waals surface area (Å²) in [4.78, 5) is 23.8. The summed E-state index contributed by atoms with van der Waals surface area (Å²) in [5.74, 6) is -0.813. The van der Waals surface area contributed by atoms with E-state index >= 15 is 0 Å². The standard InChI is InChI=1S/C7H5ClO3.C4H9NO2/c8-6-3-1-2-5(4-6)7(9)11-10;1-2-3-5-4(6)7/h1-4,10H;5H,2-3H2,1H3,(H,6,7). The van der Waals surface area contributed by atoms with Crippen molar-refractivity contribution in [2.24, 2.45) is 0 Å². The van der Waals surface area contributed by atoms with E-state index in [2.05, 4.69) is 10.2 Å². The van der Waals surface area contributed by atoms with Gasteiger partial charge in [0.15, 0.2) is 0 Å². The van der Waals surface area contributed by atoms with E-state index in [-0.39, 0.29) is 5.56 Å². The number of rotatable bonds is 3. The van der Waals surface area contributed by atoms with Gasteiger partial charge in [0.2, 0.25) is 0 Å². The fraction of sp³-hybridized carbons (Fsp3) is 0.273. The molecule has 0 bridgehead atoms. The first-order chi connectivity index (χ1) is 8.51. The summed E-state index contributed by atoms with van der Waals surface area (Å²) in [5.41, 5.74) is 0.222. The van der Waals surface area contributed by atoms with E-state index in [9.17, 15) is 9.59 Å². The molecule has 0 fully saturated rings. The number of carbonyl (C=O) groups excluding carboxylic acids is 1. The number of carbonyl (C=O) groups is 2. The summed E-state index contributed by atoms with van der Waals surface area (Å²) in [6.07, 6.45) is -0.0893. The molecule has 0 aliphatic carbocycles. The molecule has 0 aliphatic heterocycles. The molecule has 1 aromatic carbocycles. The number of hydrogen-bond acceptors (Lipinski definition) is 4. The summed E-state index contributed by atoms with van der Waals surface area (Å²) >= 11 is 5.56. The van der Waals surface area contributed by atoms with Crippen LogP contribution in [0.2, 0.25) is 5.02 Å². The van der Waals surface area contributed by atoms with Crippen LogP contribution >= 0.6 is 11.6 Å². The lowest BCUT2D eigenvalue weighted by atomic mass is 10.2. The zero-order valence-corrected chi connectivity index (χ0v) is 10.5. The highest BCUT2D eigenvalue weighted by Crippen LogP contribution is 2.10. The lowest BCUT2D eigenvalue weighted by molar-refractivity contribution is -0.182. The number of halogens is 1. The molecule has 1 amide bonds. The van der Waals surface area contributed by atoms with E-state index < -0.39 is 12.1 Å². The van der Waals surface area contributed by atoms with Gasteiger partial charge in [0.1, 0.15) is 0 Å². The Hall–Kier alpha value is -1.79. The largest absolute Gasteiger partial charge is 0.465 e. The molecule has 0 heterocycles. The van der Waals surface area contributed by atoms with E-state index in [4.69, 9.17) is 22.0 Å². The number of benzene rings is 1. The molecule has 0 aromatic heterocycles. The second kappa shape index (κ2) is 9.26. The molecule has 0 unspecified atom stereocenters. The summed E-state index contributed by atoms with van der Waals surface area (Å²) in [6.45, 7) is 2.46. The molecular formula is C11H14ClNO5. The minimum absolute atomic E-state index is 0.222. The van der Waals surface area contributed by atoms with Gasteiger partial charge in [-0.3, -0.25) is 4.89 Å². The van der Waals surface area contributed by atoms with E-state index in [0.29, 0.717) is 11.6 Å². The van der Waals surface area contributed by atoms with Crippen molar-refractivity contribution < 1.29 is 24.8 Å². The maximum absolute atomic E-state index is 10.6. The molecule has 1 aromatic rings. The van der Waals surface area contributed by atoms with Crippen LogP contribution in [0.5, 0.6) is 0 Å². The third-order valence-corrected chi connectivity index (χ3v) is 1.90. The highest BCUT2D eigenvalue weighted by Gasteiger charge is 2.05. The Kier molecular flexibility index (Phi) is 8.34. The second-order valence-electron chi connectivity index (χ2n) is 3.12. The molecule has 1 rings (SSSR count). The van der Waals surface area contributed by atoms with Crippen LogP contribution in [0.15, 0.2) is 24.3 Å². The fourth-order valence-corrected chi connectivity index (χ4v) is 1.09. The van der Waals surface area contributed by atoms with E-state index in [1.54, 1.807) is 12.1 Å². The van der Waals surface area contributed by atoms with Crippen LogP contribution in [0.3, 0.4) is 0 Å². The third-order valence-electron chi connectivity index (χ3n) is 1.67. The van der Waals surface area contributed by atoms with Crippen molar-refractivity contribution in [3.63, 3.8) is 0 Å².